The third kappa shape index (κ3) is 2.61. The summed E-state index contributed by atoms with van der Waals surface area (Å²) in [5.41, 5.74) is 7.03. The zero-order valence-corrected chi connectivity index (χ0v) is 12.7. The van der Waals surface area contributed by atoms with Crippen LogP contribution in [0.2, 0.25) is 0 Å². The number of rotatable bonds is 3. The summed E-state index contributed by atoms with van der Waals surface area (Å²) in [6.07, 6.45) is 2.05. The van der Waals surface area contributed by atoms with Crippen LogP contribution in [0, 0.1) is 0 Å². The van der Waals surface area contributed by atoms with Crippen LogP contribution in [-0.2, 0) is 0 Å². The second-order valence-electron chi connectivity index (χ2n) is 5.13. The van der Waals surface area contributed by atoms with Crippen molar-refractivity contribution in [2.45, 2.75) is 18.9 Å². The maximum Gasteiger partial charge on any atom is 0.256 e. The lowest BCUT2D eigenvalue weighted by molar-refractivity contribution is 0.0739. The van der Waals surface area contributed by atoms with E-state index in [1.54, 1.807) is 36.6 Å². The Morgan fingerprint density at radius 1 is 1.43 bits per heavy atom. The van der Waals surface area contributed by atoms with Crippen LogP contribution in [0.25, 0.3) is 0 Å². The molecule has 1 aromatic carbocycles. The highest BCUT2D eigenvalue weighted by atomic mass is 32.1. The first kappa shape index (κ1) is 13.9. The van der Waals surface area contributed by atoms with Gasteiger partial charge in [-0.05, 0) is 36.4 Å². The van der Waals surface area contributed by atoms with Crippen molar-refractivity contribution in [1.82, 2.24) is 4.90 Å². The normalized spacial score (nSPS) is 18.0. The third-order valence-corrected chi connectivity index (χ3v) is 4.85. The SMILES string of the molecule is COc1ccc(C(=O)N2CCCC2c2cccs2)c(N)c1. The van der Waals surface area contributed by atoms with Gasteiger partial charge in [0.05, 0.1) is 18.7 Å². The lowest BCUT2D eigenvalue weighted by atomic mass is 10.1. The molecule has 2 heterocycles. The summed E-state index contributed by atoms with van der Waals surface area (Å²) >= 11 is 1.70. The Bertz CT molecular complexity index is 640. The number of anilines is 1. The van der Waals surface area contributed by atoms with E-state index in [2.05, 4.69) is 11.4 Å². The van der Waals surface area contributed by atoms with Gasteiger partial charge in [-0.3, -0.25) is 4.79 Å². The largest absolute Gasteiger partial charge is 0.497 e. The summed E-state index contributed by atoms with van der Waals surface area (Å²) in [5, 5.41) is 2.05. The Morgan fingerprint density at radius 2 is 2.29 bits per heavy atom. The number of benzene rings is 1. The fourth-order valence-corrected chi connectivity index (χ4v) is 3.68. The topological polar surface area (TPSA) is 55.6 Å². The second kappa shape index (κ2) is 5.77. The molecule has 0 radical (unpaired) electrons. The van der Waals surface area contributed by atoms with Gasteiger partial charge in [0, 0.05) is 23.2 Å². The van der Waals surface area contributed by atoms with E-state index in [1.165, 1.54) is 4.88 Å². The fourth-order valence-electron chi connectivity index (χ4n) is 2.80. The first-order chi connectivity index (χ1) is 10.2. The van der Waals surface area contributed by atoms with E-state index in [0.717, 1.165) is 19.4 Å². The Labute approximate surface area is 128 Å². The van der Waals surface area contributed by atoms with Crippen molar-refractivity contribution >= 4 is 22.9 Å². The standard InChI is InChI=1S/C16H18N2O2S/c1-20-11-6-7-12(13(17)10-11)16(19)18-8-2-4-14(18)15-5-3-9-21-15/h3,5-7,9-10,14H,2,4,8,17H2,1H3. The molecule has 1 unspecified atom stereocenters. The molecule has 4 nitrogen and oxygen atoms in total. The molecule has 0 aliphatic carbocycles. The predicted molar refractivity (Wildman–Crippen MR) is 84.7 cm³/mol. The number of amides is 1. The van der Waals surface area contributed by atoms with Gasteiger partial charge in [0.2, 0.25) is 0 Å². The zero-order valence-electron chi connectivity index (χ0n) is 11.9. The van der Waals surface area contributed by atoms with E-state index in [9.17, 15) is 4.79 Å². The molecule has 1 fully saturated rings. The molecule has 21 heavy (non-hydrogen) atoms. The van der Waals surface area contributed by atoms with Crippen LogP contribution in [0.3, 0.4) is 0 Å². The number of likely N-dealkylation sites (tertiary alicyclic amines) is 1. The number of nitrogens with two attached hydrogens (primary N) is 1. The number of carbonyl (C=O) groups is 1. The van der Waals surface area contributed by atoms with Crippen molar-refractivity contribution < 1.29 is 9.53 Å². The highest BCUT2D eigenvalue weighted by Crippen LogP contribution is 2.36. The van der Waals surface area contributed by atoms with Gasteiger partial charge in [0.1, 0.15) is 5.75 Å². The van der Waals surface area contributed by atoms with Crippen molar-refractivity contribution in [3.8, 4) is 5.75 Å². The molecule has 0 bridgehead atoms. The highest BCUT2D eigenvalue weighted by molar-refractivity contribution is 7.10. The molecule has 1 atom stereocenters. The molecule has 2 N–H and O–H groups in total. The van der Waals surface area contributed by atoms with Gasteiger partial charge in [0.15, 0.2) is 0 Å². The molecule has 0 saturated carbocycles. The van der Waals surface area contributed by atoms with Gasteiger partial charge in [-0.15, -0.1) is 11.3 Å². The molecular formula is C16H18N2O2S. The van der Waals surface area contributed by atoms with Gasteiger partial charge in [-0.25, -0.2) is 0 Å². The van der Waals surface area contributed by atoms with Crippen LogP contribution in [-0.4, -0.2) is 24.5 Å². The summed E-state index contributed by atoms with van der Waals surface area (Å²) in [7, 11) is 1.59. The maximum absolute atomic E-state index is 12.8. The van der Waals surface area contributed by atoms with Crippen LogP contribution in [0.4, 0.5) is 5.69 Å². The first-order valence-electron chi connectivity index (χ1n) is 6.98. The molecular weight excluding hydrogens is 284 g/mol. The molecule has 1 aromatic heterocycles. The number of nitrogens with zero attached hydrogens (tertiary/aromatic N) is 1. The van der Waals surface area contributed by atoms with E-state index in [4.69, 9.17) is 10.5 Å². The maximum atomic E-state index is 12.8. The zero-order chi connectivity index (χ0) is 14.8. The summed E-state index contributed by atoms with van der Waals surface area (Å²) < 4.78 is 5.13. The number of carbonyl (C=O) groups excluding carboxylic acids is 1. The van der Waals surface area contributed by atoms with Gasteiger partial charge >= 0.3 is 0 Å². The summed E-state index contributed by atoms with van der Waals surface area (Å²) in [6.45, 7) is 0.785. The first-order valence-corrected chi connectivity index (χ1v) is 7.86. The highest BCUT2D eigenvalue weighted by Gasteiger charge is 2.31. The van der Waals surface area contributed by atoms with Crippen LogP contribution in [0.5, 0.6) is 5.75 Å². The van der Waals surface area contributed by atoms with Gasteiger partial charge in [-0.2, -0.15) is 0 Å². The van der Waals surface area contributed by atoms with E-state index in [1.807, 2.05) is 11.0 Å². The summed E-state index contributed by atoms with van der Waals surface area (Å²) in [6, 6.07) is 9.53. The van der Waals surface area contributed by atoms with E-state index in [-0.39, 0.29) is 11.9 Å². The predicted octanol–water partition coefficient (Wildman–Crippen LogP) is 3.32. The Hall–Kier alpha value is -2.01. The number of nitrogen functional groups attached to an aromatic ring is 1. The van der Waals surface area contributed by atoms with Gasteiger partial charge in [0.25, 0.3) is 5.91 Å². The average Bonchev–Trinajstić information content (AvgIpc) is 3.16. The van der Waals surface area contributed by atoms with Crippen LogP contribution < -0.4 is 10.5 Å². The molecule has 3 rings (SSSR count). The summed E-state index contributed by atoms with van der Waals surface area (Å²) in [5.74, 6) is 0.673. The van der Waals surface area contributed by atoms with E-state index < -0.39 is 0 Å². The molecule has 1 aliphatic heterocycles. The molecule has 1 amide bonds. The van der Waals surface area contributed by atoms with Crippen LogP contribution in [0.1, 0.15) is 34.1 Å². The number of ether oxygens (including phenoxy) is 1. The molecule has 0 spiro atoms. The smallest absolute Gasteiger partial charge is 0.256 e. The van der Waals surface area contributed by atoms with Crippen molar-refractivity contribution in [1.29, 1.82) is 0 Å². The van der Waals surface area contributed by atoms with Crippen molar-refractivity contribution in [3.05, 3.63) is 46.2 Å². The average molecular weight is 302 g/mol. The lowest BCUT2D eigenvalue weighted by Gasteiger charge is -2.24. The minimum Gasteiger partial charge on any atom is -0.497 e. The number of thiophene rings is 1. The van der Waals surface area contributed by atoms with E-state index in [0.29, 0.717) is 17.0 Å². The quantitative estimate of drug-likeness (QED) is 0.885. The molecule has 110 valence electrons. The molecule has 1 aliphatic rings. The number of hydrogen-bond acceptors (Lipinski definition) is 4. The van der Waals surface area contributed by atoms with Crippen molar-refractivity contribution in [2.24, 2.45) is 0 Å². The Balaban J connectivity index is 1.87. The monoisotopic (exact) mass is 302 g/mol. The van der Waals surface area contributed by atoms with Crippen LogP contribution >= 0.6 is 11.3 Å². The Morgan fingerprint density at radius 3 is 2.95 bits per heavy atom. The lowest BCUT2D eigenvalue weighted by Crippen LogP contribution is -2.30. The van der Waals surface area contributed by atoms with Crippen LogP contribution in [0.15, 0.2) is 35.7 Å². The van der Waals surface area contributed by atoms with Crippen molar-refractivity contribution in [3.63, 3.8) is 0 Å². The fraction of sp³-hybridized carbons (Fsp3) is 0.312. The summed E-state index contributed by atoms with van der Waals surface area (Å²) in [4.78, 5) is 16.0. The molecule has 5 heteroatoms. The van der Waals surface area contributed by atoms with Gasteiger partial charge < -0.3 is 15.4 Å². The number of methoxy groups -OCH3 is 1. The van der Waals surface area contributed by atoms with E-state index >= 15 is 0 Å². The molecule has 2 aromatic rings. The second-order valence-corrected chi connectivity index (χ2v) is 6.10. The minimum atomic E-state index is 0.00560. The minimum absolute atomic E-state index is 0.00560. The number of hydrogen-bond donors (Lipinski definition) is 1. The van der Waals surface area contributed by atoms with Crippen molar-refractivity contribution in [2.75, 3.05) is 19.4 Å². The van der Waals surface area contributed by atoms with Gasteiger partial charge in [-0.1, -0.05) is 6.07 Å². The molecule has 1 saturated heterocycles. The Kier molecular flexibility index (Phi) is 3.84. The third-order valence-electron chi connectivity index (χ3n) is 3.87.